The van der Waals surface area contributed by atoms with Crippen LogP contribution >= 0.6 is 0 Å². The Morgan fingerprint density at radius 1 is 1.47 bits per heavy atom. The maximum absolute atomic E-state index is 11.5. The maximum Gasteiger partial charge on any atom is 0.324 e. The second-order valence-electron chi connectivity index (χ2n) is 5.10. The Bertz CT molecular complexity index is 250. The fraction of sp³-hybridized carbons (Fsp3) is 0.917. The van der Waals surface area contributed by atoms with Crippen molar-refractivity contribution >= 4 is 5.97 Å². The largest absolute Gasteiger partial charge is 0.480 e. The quantitative estimate of drug-likeness (QED) is 0.731. The highest BCUT2D eigenvalue weighted by Crippen LogP contribution is 2.39. The predicted octanol–water partition coefficient (Wildman–Crippen LogP) is 2.02. The fourth-order valence-corrected chi connectivity index (χ4v) is 2.87. The summed E-state index contributed by atoms with van der Waals surface area (Å²) in [5.74, 6) is 0.445. The highest BCUT2D eigenvalue weighted by atomic mass is 16.4. The first-order valence-corrected chi connectivity index (χ1v) is 6.17. The van der Waals surface area contributed by atoms with Crippen LogP contribution in [0, 0.1) is 11.8 Å². The molecule has 0 heterocycles. The Hall–Kier alpha value is -0.570. The molecule has 2 unspecified atom stereocenters. The number of carbonyl (C=O) groups is 1. The summed E-state index contributed by atoms with van der Waals surface area (Å²) in [5.41, 5.74) is -0.600. The van der Waals surface area contributed by atoms with Gasteiger partial charge in [0.2, 0.25) is 0 Å². The Morgan fingerprint density at radius 3 is 2.73 bits per heavy atom. The normalized spacial score (nSPS) is 35.7. The summed E-state index contributed by atoms with van der Waals surface area (Å²) < 4.78 is 0. The average Bonchev–Trinajstić information content (AvgIpc) is 2.94. The van der Waals surface area contributed by atoms with Gasteiger partial charge in [0.15, 0.2) is 0 Å². The van der Waals surface area contributed by atoms with Crippen molar-refractivity contribution in [1.29, 1.82) is 0 Å². The summed E-state index contributed by atoms with van der Waals surface area (Å²) in [5, 5.41) is 12.8. The van der Waals surface area contributed by atoms with E-state index in [1.807, 2.05) is 0 Å². The van der Waals surface area contributed by atoms with E-state index in [9.17, 15) is 9.90 Å². The zero-order valence-corrected chi connectivity index (χ0v) is 9.46. The number of hydrogen-bond acceptors (Lipinski definition) is 2. The second kappa shape index (κ2) is 4.12. The van der Waals surface area contributed by atoms with Crippen LogP contribution in [0.2, 0.25) is 0 Å². The zero-order chi connectivity index (χ0) is 10.9. The van der Waals surface area contributed by atoms with Gasteiger partial charge in [0.1, 0.15) is 5.54 Å². The molecule has 2 atom stereocenters. The molecular formula is C12H21NO2. The van der Waals surface area contributed by atoms with Crippen molar-refractivity contribution in [2.75, 3.05) is 6.54 Å². The first kappa shape index (κ1) is 10.9. The highest BCUT2D eigenvalue weighted by Gasteiger charge is 2.48. The first-order chi connectivity index (χ1) is 7.19. The van der Waals surface area contributed by atoms with Crippen molar-refractivity contribution in [3.63, 3.8) is 0 Å². The molecule has 86 valence electrons. The Kier molecular flexibility index (Phi) is 3.01. The molecule has 0 spiro atoms. The molecule has 0 bridgehead atoms. The molecule has 2 aliphatic rings. The molecule has 15 heavy (non-hydrogen) atoms. The molecule has 2 fully saturated rings. The van der Waals surface area contributed by atoms with Gasteiger partial charge >= 0.3 is 5.97 Å². The Morgan fingerprint density at radius 2 is 2.20 bits per heavy atom. The van der Waals surface area contributed by atoms with E-state index in [0.717, 1.165) is 38.1 Å². The lowest BCUT2D eigenvalue weighted by Gasteiger charge is -2.32. The van der Waals surface area contributed by atoms with Gasteiger partial charge < -0.3 is 10.4 Å². The van der Waals surface area contributed by atoms with Gasteiger partial charge in [0, 0.05) is 0 Å². The number of rotatable bonds is 5. The molecule has 0 aromatic rings. The first-order valence-electron chi connectivity index (χ1n) is 6.17. The molecule has 0 aromatic heterocycles. The van der Waals surface area contributed by atoms with Crippen LogP contribution in [0.15, 0.2) is 0 Å². The Labute approximate surface area is 91.2 Å². The van der Waals surface area contributed by atoms with Crippen molar-refractivity contribution in [2.45, 2.75) is 51.0 Å². The third-order valence-corrected chi connectivity index (χ3v) is 4.10. The van der Waals surface area contributed by atoms with Crippen molar-refractivity contribution < 1.29 is 9.90 Å². The van der Waals surface area contributed by atoms with E-state index in [1.165, 1.54) is 12.8 Å². The number of carboxylic acids is 1. The molecule has 3 heteroatoms. The smallest absolute Gasteiger partial charge is 0.324 e. The van der Waals surface area contributed by atoms with Crippen LogP contribution in [0.25, 0.3) is 0 Å². The van der Waals surface area contributed by atoms with Crippen molar-refractivity contribution in [3.8, 4) is 0 Å². The van der Waals surface area contributed by atoms with E-state index in [0.29, 0.717) is 5.92 Å². The monoisotopic (exact) mass is 211 g/mol. The van der Waals surface area contributed by atoms with Gasteiger partial charge in [-0.25, -0.2) is 0 Å². The summed E-state index contributed by atoms with van der Waals surface area (Å²) in [4.78, 5) is 11.5. The number of hydrogen-bond donors (Lipinski definition) is 2. The summed E-state index contributed by atoms with van der Waals surface area (Å²) in [6.45, 7) is 3.01. The van der Waals surface area contributed by atoms with Gasteiger partial charge in [0.25, 0.3) is 0 Å². The third-order valence-electron chi connectivity index (χ3n) is 4.10. The number of aliphatic carboxylic acids is 1. The molecule has 2 N–H and O–H groups in total. The van der Waals surface area contributed by atoms with Crippen LogP contribution in [0.3, 0.4) is 0 Å². The van der Waals surface area contributed by atoms with Gasteiger partial charge in [-0.3, -0.25) is 4.79 Å². The van der Waals surface area contributed by atoms with E-state index in [1.54, 1.807) is 0 Å². The molecule has 3 nitrogen and oxygen atoms in total. The molecule has 0 aromatic carbocycles. The standard InChI is InChI=1S/C12H21NO2/c1-2-10-4-3-7-12(10,11(14)15)13-8-9-5-6-9/h9-10,13H,2-8H2,1H3,(H,14,15). The molecule has 2 rings (SSSR count). The Balaban J connectivity index is 2.03. The van der Waals surface area contributed by atoms with E-state index < -0.39 is 11.5 Å². The summed E-state index contributed by atoms with van der Waals surface area (Å²) in [6, 6.07) is 0. The molecule has 0 saturated heterocycles. The SMILES string of the molecule is CCC1CCCC1(NCC1CC1)C(=O)O. The summed E-state index contributed by atoms with van der Waals surface area (Å²) >= 11 is 0. The minimum Gasteiger partial charge on any atom is -0.480 e. The zero-order valence-electron chi connectivity index (χ0n) is 9.46. The minimum atomic E-state index is -0.632. The van der Waals surface area contributed by atoms with Crippen LogP contribution in [-0.4, -0.2) is 23.2 Å². The van der Waals surface area contributed by atoms with Crippen LogP contribution in [0.1, 0.15) is 45.4 Å². The van der Waals surface area contributed by atoms with Crippen LogP contribution in [0.5, 0.6) is 0 Å². The van der Waals surface area contributed by atoms with Crippen LogP contribution in [-0.2, 0) is 4.79 Å². The predicted molar refractivity (Wildman–Crippen MR) is 58.7 cm³/mol. The van der Waals surface area contributed by atoms with Gasteiger partial charge in [-0.15, -0.1) is 0 Å². The van der Waals surface area contributed by atoms with Gasteiger partial charge in [-0.2, -0.15) is 0 Å². The van der Waals surface area contributed by atoms with E-state index in [4.69, 9.17) is 0 Å². The summed E-state index contributed by atoms with van der Waals surface area (Å²) in [6.07, 6.45) is 6.47. The maximum atomic E-state index is 11.5. The topological polar surface area (TPSA) is 49.3 Å². The molecule has 2 saturated carbocycles. The lowest BCUT2D eigenvalue weighted by atomic mass is 9.85. The van der Waals surface area contributed by atoms with Gasteiger partial charge in [-0.1, -0.05) is 19.8 Å². The average molecular weight is 211 g/mol. The number of carboxylic acid groups (broad SMARTS) is 1. The van der Waals surface area contributed by atoms with Crippen molar-refractivity contribution in [1.82, 2.24) is 5.32 Å². The lowest BCUT2D eigenvalue weighted by molar-refractivity contribution is -0.146. The van der Waals surface area contributed by atoms with Gasteiger partial charge in [0.05, 0.1) is 0 Å². The van der Waals surface area contributed by atoms with E-state index >= 15 is 0 Å². The van der Waals surface area contributed by atoms with Crippen LogP contribution in [0.4, 0.5) is 0 Å². The lowest BCUT2D eigenvalue weighted by Crippen LogP contribution is -2.55. The molecule has 0 aliphatic heterocycles. The van der Waals surface area contributed by atoms with Gasteiger partial charge in [-0.05, 0) is 44.1 Å². The second-order valence-corrected chi connectivity index (χ2v) is 5.10. The summed E-state index contributed by atoms with van der Waals surface area (Å²) in [7, 11) is 0. The van der Waals surface area contributed by atoms with Crippen LogP contribution < -0.4 is 5.32 Å². The molecule has 0 amide bonds. The molecular weight excluding hydrogens is 190 g/mol. The molecule has 2 aliphatic carbocycles. The number of nitrogens with one attached hydrogen (secondary N) is 1. The fourth-order valence-electron chi connectivity index (χ4n) is 2.87. The van der Waals surface area contributed by atoms with E-state index in [-0.39, 0.29) is 0 Å². The molecule has 0 radical (unpaired) electrons. The van der Waals surface area contributed by atoms with E-state index in [2.05, 4.69) is 12.2 Å². The van der Waals surface area contributed by atoms with Crippen molar-refractivity contribution in [2.24, 2.45) is 11.8 Å². The van der Waals surface area contributed by atoms with Crippen molar-refractivity contribution in [3.05, 3.63) is 0 Å². The highest BCUT2D eigenvalue weighted by molar-refractivity contribution is 5.79. The minimum absolute atomic E-state index is 0.328. The third kappa shape index (κ3) is 2.03.